The number of thiazole rings is 1. The number of carbonyl (C=O) groups is 1. The molecule has 1 aliphatic rings. The number of ether oxygens (including phenoxy) is 3. The van der Waals surface area contributed by atoms with E-state index in [0.717, 1.165) is 11.3 Å². The maximum Gasteiger partial charge on any atom is 0.338 e. The van der Waals surface area contributed by atoms with Gasteiger partial charge in [0.05, 0.1) is 47.1 Å². The van der Waals surface area contributed by atoms with Crippen molar-refractivity contribution in [3.63, 3.8) is 0 Å². The van der Waals surface area contributed by atoms with E-state index < -0.39 is 16.9 Å². The minimum Gasteiger partial charge on any atom is -0.493 e. The van der Waals surface area contributed by atoms with E-state index in [-0.39, 0.29) is 23.4 Å². The number of methoxy groups -OCH3 is 1. The highest BCUT2D eigenvalue weighted by Crippen LogP contribution is 2.36. The van der Waals surface area contributed by atoms with Crippen molar-refractivity contribution >= 4 is 45.0 Å². The summed E-state index contributed by atoms with van der Waals surface area (Å²) in [6.45, 7) is 5.83. The minimum atomic E-state index is -0.828. The van der Waals surface area contributed by atoms with Crippen molar-refractivity contribution in [2.24, 2.45) is 4.99 Å². The van der Waals surface area contributed by atoms with Crippen LogP contribution < -0.4 is 24.4 Å². The highest BCUT2D eigenvalue weighted by Gasteiger charge is 2.34. The summed E-state index contributed by atoms with van der Waals surface area (Å²) < 4.78 is 24.9. The Morgan fingerprint density at radius 2 is 1.95 bits per heavy atom. The van der Waals surface area contributed by atoms with E-state index in [4.69, 9.17) is 18.6 Å². The largest absolute Gasteiger partial charge is 0.493 e. The third-order valence-corrected chi connectivity index (χ3v) is 8.29. The van der Waals surface area contributed by atoms with Gasteiger partial charge in [-0.2, -0.15) is 0 Å². The van der Waals surface area contributed by atoms with E-state index in [9.17, 15) is 19.7 Å². The zero-order chi connectivity index (χ0) is 30.8. The van der Waals surface area contributed by atoms with Gasteiger partial charge in [0.2, 0.25) is 0 Å². The summed E-state index contributed by atoms with van der Waals surface area (Å²) in [6, 6.07) is 12.2. The molecule has 222 valence electrons. The Morgan fingerprint density at radius 1 is 1.16 bits per heavy atom. The summed E-state index contributed by atoms with van der Waals surface area (Å²) in [5, 5.41) is 11.1. The van der Waals surface area contributed by atoms with Gasteiger partial charge in [0.15, 0.2) is 16.3 Å². The van der Waals surface area contributed by atoms with Crippen LogP contribution in [-0.4, -0.2) is 35.8 Å². The normalized spacial score (nSPS) is 14.7. The summed E-state index contributed by atoms with van der Waals surface area (Å²) in [7, 11) is 1.54. The van der Waals surface area contributed by atoms with Crippen LogP contribution in [0.1, 0.15) is 38.1 Å². The molecule has 0 aliphatic carbocycles. The van der Waals surface area contributed by atoms with E-state index in [1.165, 1.54) is 23.8 Å². The molecule has 0 fully saturated rings. The first kappa shape index (κ1) is 30.0. The van der Waals surface area contributed by atoms with Crippen LogP contribution in [0, 0.1) is 10.1 Å². The van der Waals surface area contributed by atoms with Crippen LogP contribution in [0.3, 0.4) is 0 Å². The molecule has 0 radical (unpaired) electrons. The number of hydrogen-bond acceptors (Lipinski definition) is 10. The topological polar surface area (TPSA) is 135 Å². The molecule has 0 bridgehead atoms. The molecule has 2 aromatic heterocycles. The average Bonchev–Trinajstić information content (AvgIpc) is 3.56. The third kappa shape index (κ3) is 5.77. The number of benzene rings is 2. The quantitative estimate of drug-likeness (QED) is 0.136. The van der Waals surface area contributed by atoms with Crippen LogP contribution in [0.15, 0.2) is 78.5 Å². The van der Waals surface area contributed by atoms with Crippen LogP contribution in [0.2, 0.25) is 0 Å². The van der Waals surface area contributed by atoms with Gasteiger partial charge in [-0.05, 0) is 72.6 Å². The number of allylic oxidation sites excluding steroid dienone is 1. The smallest absolute Gasteiger partial charge is 0.338 e. The van der Waals surface area contributed by atoms with Gasteiger partial charge in [-0.15, -0.1) is 0 Å². The van der Waals surface area contributed by atoms with Crippen molar-refractivity contribution in [2.45, 2.75) is 26.8 Å². The number of rotatable bonds is 9. The molecule has 43 heavy (non-hydrogen) atoms. The highest BCUT2D eigenvalue weighted by atomic mass is 79.9. The Kier molecular flexibility index (Phi) is 8.64. The Balaban J connectivity index is 1.63. The fraction of sp³-hybridized carbons (Fsp3) is 0.233. The second-order valence-corrected chi connectivity index (χ2v) is 11.1. The number of nitro benzene ring substituents is 1. The fourth-order valence-corrected chi connectivity index (χ4v) is 6.35. The Bertz CT molecular complexity index is 1960. The predicted molar refractivity (Wildman–Crippen MR) is 163 cm³/mol. The van der Waals surface area contributed by atoms with Gasteiger partial charge in [-0.1, -0.05) is 17.4 Å². The van der Waals surface area contributed by atoms with Gasteiger partial charge in [-0.25, -0.2) is 9.79 Å². The standard InChI is InChI=1S/C30H26BrN3O8S/c1-5-40-24-13-17(7-11-23(24)39-4)27-26(29(36)41-6-2)16(3)32-30-33(27)28(35)25(43-30)15-19-9-12-22(42-19)20-10-8-18(34(37)38)14-21(20)31/h7-15,27H,5-6H2,1-4H3/b25-15-. The van der Waals surface area contributed by atoms with Crippen LogP contribution in [-0.2, 0) is 9.53 Å². The number of non-ortho nitro benzene ring substituents is 1. The minimum absolute atomic E-state index is 0.0548. The predicted octanol–water partition coefficient (Wildman–Crippen LogP) is 5.14. The van der Waals surface area contributed by atoms with Crippen LogP contribution in [0.5, 0.6) is 11.5 Å². The van der Waals surface area contributed by atoms with Gasteiger partial charge < -0.3 is 18.6 Å². The first-order valence-electron chi connectivity index (χ1n) is 13.2. The Morgan fingerprint density at radius 3 is 2.63 bits per heavy atom. The number of halogens is 1. The number of fused-ring (bicyclic) bond motifs is 1. The summed E-state index contributed by atoms with van der Waals surface area (Å²) in [4.78, 5) is 42.8. The number of hydrogen-bond donors (Lipinski definition) is 0. The maximum atomic E-state index is 13.9. The number of nitro groups is 1. The van der Waals surface area contributed by atoms with Crippen molar-refractivity contribution < 1.29 is 28.3 Å². The van der Waals surface area contributed by atoms with Crippen LogP contribution in [0.4, 0.5) is 5.69 Å². The van der Waals surface area contributed by atoms with E-state index in [1.807, 2.05) is 6.92 Å². The van der Waals surface area contributed by atoms with Crippen molar-refractivity contribution in [2.75, 3.05) is 20.3 Å². The third-order valence-electron chi connectivity index (χ3n) is 6.65. The zero-order valence-corrected chi connectivity index (χ0v) is 26.0. The molecule has 3 heterocycles. The van der Waals surface area contributed by atoms with Crippen molar-refractivity contribution in [1.82, 2.24) is 4.57 Å². The number of furan rings is 1. The van der Waals surface area contributed by atoms with Gasteiger partial charge >= 0.3 is 5.97 Å². The highest BCUT2D eigenvalue weighted by molar-refractivity contribution is 9.10. The number of esters is 1. The van der Waals surface area contributed by atoms with Crippen molar-refractivity contribution in [1.29, 1.82) is 0 Å². The van der Waals surface area contributed by atoms with Crippen LogP contribution in [0.25, 0.3) is 17.4 Å². The molecule has 0 spiro atoms. The summed E-state index contributed by atoms with van der Waals surface area (Å²) >= 11 is 4.53. The van der Waals surface area contributed by atoms with Gasteiger partial charge in [0.25, 0.3) is 11.2 Å². The fourth-order valence-electron chi connectivity index (χ4n) is 4.76. The Hall–Kier alpha value is -4.49. The molecular weight excluding hydrogens is 642 g/mol. The molecule has 11 nitrogen and oxygen atoms in total. The Labute approximate surface area is 257 Å². The maximum absolute atomic E-state index is 13.9. The first-order chi connectivity index (χ1) is 20.7. The summed E-state index contributed by atoms with van der Waals surface area (Å²) in [5.41, 5.74) is 1.50. The molecule has 1 atom stereocenters. The van der Waals surface area contributed by atoms with Gasteiger partial charge in [0.1, 0.15) is 11.5 Å². The first-order valence-corrected chi connectivity index (χ1v) is 14.8. The monoisotopic (exact) mass is 667 g/mol. The summed E-state index contributed by atoms with van der Waals surface area (Å²) in [6.07, 6.45) is 1.60. The lowest BCUT2D eigenvalue weighted by molar-refractivity contribution is -0.384. The summed E-state index contributed by atoms with van der Waals surface area (Å²) in [5.74, 6) is 1.28. The lowest BCUT2D eigenvalue weighted by atomic mass is 9.95. The van der Waals surface area contributed by atoms with E-state index in [0.29, 0.717) is 60.3 Å². The van der Waals surface area contributed by atoms with E-state index in [2.05, 4.69) is 20.9 Å². The molecule has 4 aromatic rings. The molecule has 0 amide bonds. The lowest BCUT2D eigenvalue weighted by Crippen LogP contribution is -2.39. The molecule has 0 saturated heterocycles. The number of carbonyl (C=O) groups excluding carboxylic acids is 1. The molecule has 2 aromatic carbocycles. The molecule has 1 unspecified atom stereocenters. The second kappa shape index (κ2) is 12.4. The molecule has 0 N–H and O–H groups in total. The molecule has 5 rings (SSSR count). The van der Waals surface area contributed by atoms with E-state index >= 15 is 0 Å². The van der Waals surface area contributed by atoms with E-state index in [1.54, 1.807) is 56.3 Å². The SMILES string of the molecule is CCOC(=O)C1=C(C)N=c2s/c(=C\c3ccc(-c4ccc([N+](=O)[O-])cc4Br)o3)c(=O)n2C1c1ccc(OC)c(OCC)c1. The molecule has 1 aliphatic heterocycles. The average molecular weight is 669 g/mol. The number of aromatic nitrogens is 1. The van der Waals surface area contributed by atoms with Gasteiger partial charge in [-0.3, -0.25) is 19.5 Å². The lowest BCUT2D eigenvalue weighted by Gasteiger charge is -2.25. The molecule has 0 saturated carbocycles. The number of nitrogens with zero attached hydrogens (tertiary/aromatic N) is 3. The zero-order valence-electron chi connectivity index (χ0n) is 23.6. The van der Waals surface area contributed by atoms with Crippen molar-refractivity contribution in [3.8, 4) is 22.8 Å². The molecule has 13 heteroatoms. The van der Waals surface area contributed by atoms with Gasteiger partial charge in [0, 0.05) is 28.2 Å². The van der Waals surface area contributed by atoms with Crippen molar-refractivity contribution in [3.05, 3.63) is 105 Å². The van der Waals surface area contributed by atoms with Crippen LogP contribution >= 0.6 is 27.3 Å². The molecular formula is C30H26BrN3O8S. The second-order valence-electron chi connectivity index (χ2n) is 9.27.